The molecular weight excluding hydrogens is 248 g/mol. The highest BCUT2D eigenvalue weighted by Gasteiger charge is 1.88. The van der Waals surface area contributed by atoms with Gasteiger partial charge >= 0.3 is 0 Å². The summed E-state index contributed by atoms with van der Waals surface area (Å²) in [5, 5.41) is 7.42. The minimum atomic E-state index is -0.833. The molecule has 0 saturated carbocycles. The van der Waals surface area contributed by atoms with Crippen molar-refractivity contribution in [2.45, 2.75) is 97.8 Å². The minimum absolute atomic E-state index is 0.833. The molecule has 0 aliphatic carbocycles. The molecule has 120 valence electrons. The Morgan fingerprint density at radius 3 is 1.45 bits per heavy atom. The number of allylic oxidation sites excluding steroid dienone is 2. The normalized spacial score (nSPS) is 10.3. The first-order valence-electron chi connectivity index (χ1n) is 8.49. The summed E-state index contributed by atoms with van der Waals surface area (Å²) in [7, 11) is 0. The van der Waals surface area contributed by atoms with Crippen molar-refractivity contribution in [2.24, 2.45) is 0 Å². The predicted octanol–water partition coefficient (Wildman–Crippen LogP) is 6.35. The average Bonchev–Trinajstić information content (AvgIpc) is 2.39. The molecule has 2 nitrogen and oxygen atoms in total. The van der Waals surface area contributed by atoms with Crippen LogP contribution in [-0.2, 0) is 4.79 Å². The standard InChI is InChI=1S/C16H32.C2H4O2/c1-3-5-7-9-11-13-15-16-14-12-10-8-6-4-2;1-2(3)4/h13,15H,3-12,14,16H2,1-2H3;1H3,(H,3,4)/b15-13-;. The van der Waals surface area contributed by atoms with Crippen LogP contribution in [0.2, 0.25) is 0 Å². The molecule has 0 bridgehead atoms. The van der Waals surface area contributed by atoms with Gasteiger partial charge in [-0.25, -0.2) is 0 Å². The van der Waals surface area contributed by atoms with Crippen LogP contribution in [0.5, 0.6) is 0 Å². The Labute approximate surface area is 126 Å². The molecule has 0 heterocycles. The van der Waals surface area contributed by atoms with Crippen molar-refractivity contribution in [2.75, 3.05) is 0 Å². The van der Waals surface area contributed by atoms with Crippen LogP contribution in [0.15, 0.2) is 12.2 Å². The van der Waals surface area contributed by atoms with Crippen LogP contribution in [0.1, 0.15) is 97.8 Å². The number of unbranched alkanes of at least 4 members (excludes halogenated alkanes) is 10. The fraction of sp³-hybridized carbons (Fsp3) is 0.833. The number of aliphatic carboxylic acids is 1. The third-order valence-corrected chi connectivity index (χ3v) is 3.12. The third kappa shape index (κ3) is 30.3. The van der Waals surface area contributed by atoms with E-state index >= 15 is 0 Å². The summed E-state index contributed by atoms with van der Waals surface area (Å²) in [6.45, 7) is 5.63. The van der Waals surface area contributed by atoms with Crippen LogP contribution in [0.3, 0.4) is 0 Å². The Morgan fingerprint density at radius 2 is 1.05 bits per heavy atom. The molecule has 0 aromatic rings. The molecule has 0 rings (SSSR count). The first-order chi connectivity index (χ1) is 9.65. The van der Waals surface area contributed by atoms with Gasteiger partial charge in [0.15, 0.2) is 0 Å². The van der Waals surface area contributed by atoms with E-state index in [1.165, 1.54) is 77.0 Å². The summed E-state index contributed by atoms with van der Waals surface area (Å²) in [5.41, 5.74) is 0. The van der Waals surface area contributed by atoms with Crippen LogP contribution in [0, 0.1) is 0 Å². The lowest BCUT2D eigenvalue weighted by molar-refractivity contribution is -0.134. The summed E-state index contributed by atoms with van der Waals surface area (Å²) in [4.78, 5) is 9.00. The van der Waals surface area contributed by atoms with Gasteiger partial charge in [0.25, 0.3) is 5.97 Å². The largest absolute Gasteiger partial charge is 0.481 e. The highest BCUT2D eigenvalue weighted by Crippen LogP contribution is 2.08. The van der Waals surface area contributed by atoms with E-state index < -0.39 is 5.97 Å². The van der Waals surface area contributed by atoms with E-state index in [1.54, 1.807) is 0 Å². The second-order valence-electron chi connectivity index (χ2n) is 5.40. The van der Waals surface area contributed by atoms with Gasteiger partial charge in [-0.1, -0.05) is 77.4 Å². The van der Waals surface area contributed by atoms with Crippen LogP contribution in [0.4, 0.5) is 0 Å². The zero-order valence-electron chi connectivity index (χ0n) is 14.0. The molecule has 1 N–H and O–H groups in total. The van der Waals surface area contributed by atoms with Gasteiger partial charge in [0.1, 0.15) is 0 Å². The van der Waals surface area contributed by atoms with Crippen molar-refractivity contribution in [1.29, 1.82) is 0 Å². The Kier molecular flexibility index (Phi) is 22.1. The summed E-state index contributed by atoms with van der Waals surface area (Å²) in [6.07, 6.45) is 21.4. The molecule has 0 atom stereocenters. The first-order valence-corrected chi connectivity index (χ1v) is 8.49. The lowest BCUT2D eigenvalue weighted by Gasteiger charge is -1.98. The molecule has 0 spiro atoms. The zero-order valence-corrected chi connectivity index (χ0v) is 14.0. The van der Waals surface area contributed by atoms with Gasteiger partial charge in [0.2, 0.25) is 0 Å². The second kappa shape index (κ2) is 20.5. The van der Waals surface area contributed by atoms with Crippen molar-refractivity contribution in [3.63, 3.8) is 0 Å². The average molecular weight is 284 g/mol. The highest BCUT2D eigenvalue weighted by molar-refractivity contribution is 5.62. The summed E-state index contributed by atoms with van der Waals surface area (Å²) < 4.78 is 0. The molecule has 0 saturated heterocycles. The van der Waals surface area contributed by atoms with E-state index in [9.17, 15) is 0 Å². The molecule has 0 aliphatic heterocycles. The summed E-state index contributed by atoms with van der Waals surface area (Å²) in [5.74, 6) is -0.833. The number of hydrogen-bond acceptors (Lipinski definition) is 1. The number of hydrogen-bond donors (Lipinski definition) is 1. The topological polar surface area (TPSA) is 37.3 Å². The van der Waals surface area contributed by atoms with Crippen LogP contribution in [0.25, 0.3) is 0 Å². The minimum Gasteiger partial charge on any atom is -0.481 e. The van der Waals surface area contributed by atoms with Gasteiger partial charge in [-0.15, -0.1) is 0 Å². The van der Waals surface area contributed by atoms with E-state index in [4.69, 9.17) is 9.90 Å². The maximum atomic E-state index is 9.00. The monoisotopic (exact) mass is 284 g/mol. The number of rotatable bonds is 12. The number of carbonyl (C=O) groups is 1. The lowest BCUT2D eigenvalue weighted by Crippen LogP contribution is -1.78. The van der Waals surface area contributed by atoms with Crippen molar-refractivity contribution in [3.05, 3.63) is 12.2 Å². The van der Waals surface area contributed by atoms with E-state index in [0.29, 0.717) is 0 Å². The van der Waals surface area contributed by atoms with Crippen molar-refractivity contribution in [1.82, 2.24) is 0 Å². The molecule has 0 radical (unpaired) electrons. The van der Waals surface area contributed by atoms with E-state index in [2.05, 4.69) is 26.0 Å². The van der Waals surface area contributed by atoms with Crippen molar-refractivity contribution in [3.8, 4) is 0 Å². The smallest absolute Gasteiger partial charge is 0.300 e. The SMILES string of the molecule is CC(=O)O.CCCCCC/C=C\CCCCCCCC. The Balaban J connectivity index is 0. The predicted molar refractivity (Wildman–Crippen MR) is 89.2 cm³/mol. The third-order valence-electron chi connectivity index (χ3n) is 3.12. The van der Waals surface area contributed by atoms with E-state index in [-0.39, 0.29) is 0 Å². The molecule has 0 unspecified atom stereocenters. The van der Waals surface area contributed by atoms with Gasteiger partial charge in [0, 0.05) is 6.92 Å². The molecule has 0 amide bonds. The van der Waals surface area contributed by atoms with Crippen molar-refractivity contribution < 1.29 is 9.90 Å². The number of carboxylic acids is 1. The maximum Gasteiger partial charge on any atom is 0.300 e. The van der Waals surface area contributed by atoms with E-state index in [0.717, 1.165) is 6.92 Å². The Bertz CT molecular complexity index is 205. The van der Waals surface area contributed by atoms with Crippen LogP contribution < -0.4 is 0 Å². The fourth-order valence-corrected chi connectivity index (χ4v) is 1.97. The zero-order chi connectivity index (χ0) is 15.5. The quantitative estimate of drug-likeness (QED) is 0.334. The number of carboxylic acid groups (broad SMARTS) is 1. The second-order valence-corrected chi connectivity index (χ2v) is 5.40. The molecule has 0 aromatic carbocycles. The molecule has 2 heteroatoms. The summed E-state index contributed by atoms with van der Waals surface area (Å²) >= 11 is 0. The van der Waals surface area contributed by atoms with Gasteiger partial charge in [-0.2, -0.15) is 0 Å². The van der Waals surface area contributed by atoms with Gasteiger partial charge in [0.05, 0.1) is 0 Å². The Hall–Kier alpha value is -0.790. The molecule has 0 fully saturated rings. The van der Waals surface area contributed by atoms with Crippen molar-refractivity contribution >= 4 is 5.97 Å². The Morgan fingerprint density at radius 1 is 0.750 bits per heavy atom. The van der Waals surface area contributed by atoms with Gasteiger partial charge < -0.3 is 5.11 Å². The molecule has 20 heavy (non-hydrogen) atoms. The summed E-state index contributed by atoms with van der Waals surface area (Å²) in [6, 6.07) is 0. The van der Waals surface area contributed by atoms with Crippen LogP contribution in [-0.4, -0.2) is 11.1 Å². The fourth-order valence-electron chi connectivity index (χ4n) is 1.97. The lowest BCUT2D eigenvalue weighted by atomic mass is 10.1. The molecule has 0 aromatic heterocycles. The maximum absolute atomic E-state index is 9.00. The molecular formula is C18H36O2. The van der Waals surface area contributed by atoms with Gasteiger partial charge in [-0.05, 0) is 25.7 Å². The first kappa shape index (κ1) is 21.5. The molecule has 0 aliphatic rings. The van der Waals surface area contributed by atoms with Gasteiger partial charge in [-0.3, -0.25) is 4.79 Å². The van der Waals surface area contributed by atoms with Crippen LogP contribution >= 0.6 is 0 Å². The van der Waals surface area contributed by atoms with E-state index in [1.807, 2.05) is 0 Å². The highest BCUT2D eigenvalue weighted by atomic mass is 16.4.